The summed E-state index contributed by atoms with van der Waals surface area (Å²) in [5.74, 6) is 0. The molecule has 2 N–H and O–H groups in total. The van der Waals surface area contributed by atoms with E-state index in [4.69, 9.17) is 5.73 Å². The van der Waals surface area contributed by atoms with Crippen LogP contribution in [0.5, 0.6) is 0 Å². The first-order chi connectivity index (χ1) is 8.99. The van der Waals surface area contributed by atoms with Crippen molar-refractivity contribution >= 4 is 11.3 Å². The van der Waals surface area contributed by atoms with E-state index in [0.29, 0.717) is 13.0 Å². The number of halogens is 3. The lowest BCUT2D eigenvalue weighted by Crippen LogP contribution is -2.04. The number of rotatable bonds is 4. The Labute approximate surface area is 113 Å². The number of alkyl halides is 3. The Morgan fingerprint density at radius 3 is 2.42 bits per heavy atom. The maximum atomic E-state index is 12.4. The number of thiazole rings is 1. The van der Waals surface area contributed by atoms with Crippen LogP contribution in [-0.4, -0.2) is 11.5 Å². The summed E-state index contributed by atoms with van der Waals surface area (Å²) < 4.78 is 37.2. The van der Waals surface area contributed by atoms with Crippen LogP contribution >= 0.6 is 11.3 Å². The number of hydrogen-bond donors (Lipinski definition) is 1. The van der Waals surface area contributed by atoms with Crippen molar-refractivity contribution in [2.24, 2.45) is 5.73 Å². The zero-order chi connectivity index (χ0) is 13.9. The van der Waals surface area contributed by atoms with Gasteiger partial charge in [0, 0.05) is 17.5 Å². The average molecular weight is 286 g/mol. The van der Waals surface area contributed by atoms with Crippen molar-refractivity contribution in [3.05, 3.63) is 51.5 Å². The van der Waals surface area contributed by atoms with Gasteiger partial charge in [0.05, 0.1) is 10.6 Å². The van der Waals surface area contributed by atoms with Gasteiger partial charge < -0.3 is 5.73 Å². The molecule has 0 atom stereocenters. The molecule has 2 nitrogen and oxygen atoms in total. The highest BCUT2D eigenvalue weighted by molar-refractivity contribution is 7.11. The molecule has 1 aromatic carbocycles. The monoisotopic (exact) mass is 286 g/mol. The third kappa shape index (κ3) is 3.78. The Morgan fingerprint density at radius 1 is 1.16 bits per heavy atom. The van der Waals surface area contributed by atoms with Gasteiger partial charge in [-0.15, -0.1) is 11.3 Å². The molecule has 1 heterocycles. The van der Waals surface area contributed by atoms with Crippen molar-refractivity contribution in [3.8, 4) is 0 Å². The van der Waals surface area contributed by atoms with E-state index < -0.39 is 11.7 Å². The minimum absolute atomic E-state index is 0.549. The van der Waals surface area contributed by atoms with Gasteiger partial charge in [-0.1, -0.05) is 12.1 Å². The summed E-state index contributed by atoms with van der Waals surface area (Å²) in [7, 11) is 0. The van der Waals surface area contributed by atoms with Crippen molar-refractivity contribution in [2.45, 2.75) is 19.0 Å². The predicted octanol–water partition coefficient (Wildman–Crippen LogP) is 3.25. The first-order valence-corrected chi connectivity index (χ1v) is 6.60. The smallest absolute Gasteiger partial charge is 0.330 e. The Bertz CT molecular complexity index is 532. The van der Waals surface area contributed by atoms with Gasteiger partial charge in [0.1, 0.15) is 0 Å². The maximum Gasteiger partial charge on any atom is 0.416 e. The van der Waals surface area contributed by atoms with Crippen LogP contribution in [-0.2, 0) is 19.0 Å². The normalized spacial score (nSPS) is 11.8. The Hall–Kier alpha value is -1.40. The lowest BCUT2D eigenvalue weighted by atomic mass is 10.1. The molecule has 0 bridgehead atoms. The molecule has 0 unspecified atom stereocenters. The van der Waals surface area contributed by atoms with Crippen LogP contribution in [0, 0.1) is 0 Å². The SMILES string of the molecule is NCCc1cnc(Cc2ccc(C(F)(F)F)cc2)s1. The van der Waals surface area contributed by atoms with Crippen LogP contribution in [0.3, 0.4) is 0 Å². The van der Waals surface area contributed by atoms with Crippen molar-refractivity contribution < 1.29 is 13.2 Å². The van der Waals surface area contributed by atoms with Gasteiger partial charge in [-0.25, -0.2) is 4.98 Å². The second kappa shape index (κ2) is 5.71. The number of nitrogens with two attached hydrogens (primary N) is 1. The topological polar surface area (TPSA) is 38.9 Å². The Kier molecular flexibility index (Phi) is 4.21. The standard InChI is InChI=1S/C13H13F3N2S/c14-13(15,16)10-3-1-9(2-4-10)7-12-18-8-11(19-12)5-6-17/h1-4,8H,5-7,17H2. The highest BCUT2D eigenvalue weighted by atomic mass is 32.1. The molecule has 0 aliphatic rings. The minimum atomic E-state index is -4.28. The average Bonchev–Trinajstić information content (AvgIpc) is 2.77. The summed E-state index contributed by atoms with van der Waals surface area (Å²) in [5.41, 5.74) is 5.65. The second-order valence-electron chi connectivity index (χ2n) is 4.13. The molecule has 2 aromatic rings. The third-order valence-corrected chi connectivity index (χ3v) is 3.69. The molecule has 2 rings (SSSR count). The molecule has 0 fully saturated rings. The van der Waals surface area contributed by atoms with E-state index in [2.05, 4.69) is 4.98 Å². The van der Waals surface area contributed by atoms with E-state index in [1.165, 1.54) is 12.1 Å². The Balaban J connectivity index is 2.06. The van der Waals surface area contributed by atoms with E-state index in [0.717, 1.165) is 34.0 Å². The van der Waals surface area contributed by atoms with Crippen molar-refractivity contribution in [3.63, 3.8) is 0 Å². The van der Waals surface area contributed by atoms with Gasteiger partial charge in [0.25, 0.3) is 0 Å². The van der Waals surface area contributed by atoms with Crippen molar-refractivity contribution in [1.29, 1.82) is 0 Å². The molecule has 102 valence electrons. The van der Waals surface area contributed by atoms with E-state index in [9.17, 15) is 13.2 Å². The van der Waals surface area contributed by atoms with E-state index >= 15 is 0 Å². The highest BCUT2D eigenvalue weighted by Crippen LogP contribution is 2.29. The molecule has 0 saturated carbocycles. The molecule has 0 amide bonds. The van der Waals surface area contributed by atoms with Crippen LogP contribution in [0.25, 0.3) is 0 Å². The highest BCUT2D eigenvalue weighted by Gasteiger charge is 2.29. The van der Waals surface area contributed by atoms with Gasteiger partial charge in [-0.2, -0.15) is 13.2 Å². The van der Waals surface area contributed by atoms with Gasteiger partial charge in [0.2, 0.25) is 0 Å². The number of aromatic nitrogens is 1. The summed E-state index contributed by atoms with van der Waals surface area (Å²) in [6.07, 6.45) is -1.18. The van der Waals surface area contributed by atoms with Gasteiger partial charge in [-0.3, -0.25) is 0 Å². The largest absolute Gasteiger partial charge is 0.416 e. The minimum Gasteiger partial charge on any atom is -0.330 e. The van der Waals surface area contributed by atoms with Gasteiger partial charge in [0.15, 0.2) is 0 Å². The summed E-state index contributed by atoms with van der Waals surface area (Å²) in [6.45, 7) is 0.571. The molecule has 0 aliphatic heterocycles. The summed E-state index contributed by atoms with van der Waals surface area (Å²) in [4.78, 5) is 5.34. The lowest BCUT2D eigenvalue weighted by molar-refractivity contribution is -0.137. The van der Waals surface area contributed by atoms with Crippen molar-refractivity contribution in [1.82, 2.24) is 4.98 Å². The van der Waals surface area contributed by atoms with Crippen LogP contribution in [0.4, 0.5) is 13.2 Å². The summed E-state index contributed by atoms with van der Waals surface area (Å²) in [6, 6.07) is 5.19. The third-order valence-electron chi connectivity index (χ3n) is 2.63. The zero-order valence-corrected chi connectivity index (χ0v) is 10.9. The van der Waals surface area contributed by atoms with E-state index in [1.54, 1.807) is 17.5 Å². The van der Waals surface area contributed by atoms with Gasteiger partial charge >= 0.3 is 6.18 Å². The Morgan fingerprint density at radius 2 is 1.84 bits per heavy atom. The maximum absolute atomic E-state index is 12.4. The molecular weight excluding hydrogens is 273 g/mol. The molecule has 0 saturated heterocycles. The molecule has 0 radical (unpaired) electrons. The van der Waals surface area contributed by atoms with Crippen LogP contribution in [0.2, 0.25) is 0 Å². The van der Waals surface area contributed by atoms with E-state index in [1.807, 2.05) is 0 Å². The molecule has 19 heavy (non-hydrogen) atoms. The van der Waals surface area contributed by atoms with Crippen molar-refractivity contribution in [2.75, 3.05) is 6.54 Å². The lowest BCUT2D eigenvalue weighted by Gasteiger charge is -2.06. The van der Waals surface area contributed by atoms with Crippen LogP contribution in [0.1, 0.15) is 21.0 Å². The number of nitrogens with zero attached hydrogens (tertiary/aromatic N) is 1. The van der Waals surface area contributed by atoms with E-state index in [-0.39, 0.29) is 0 Å². The quantitative estimate of drug-likeness (QED) is 0.937. The van der Waals surface area contributed by atoms with Crippen LogP contribution in [0.15, 0.2) is 30.5 Å². The first kappa shape index (κ1) is 14.0. The number of hydrogen-bond acceptors (Lipinski definition) is 3. The molecular formula is C13H13F3N2S. The van der Waals surface area contributed by atoms with Crippen LogP contribution < -0.4 is 5.73 Å². The molecule has 6 heteroatoms. The fourth-order valence-electron chi connectivity index (χ4n) is 1.67. The second-order valence-corrected chi connectivity index (χ2v) is 5.33. The zero-order valence-electron chi connectivity index (χ0n) is 10.1. The summed E-state index contributed by atoms with van der Waals surface area (Å²) >= 11 is 1.55. The first-order valence-electron chi connectivity index (χ1n) is 5.79. The van der Waals surface area contributed by atoms with Gasteiger partial charge in [-0.05, 0) is 30.7 Å². The predicted molar refractivity (Wildman–Crippen MR) is 69.1 cm³/mol. The number of benzene rings is 1. The molecule has 0 spiro atoms. The molecule has 0 aliphatic carbocycles. The fourth-order valence-corrected chi connectivity index (χ4v) is 2.65. The fraction of sp³-hybridized carbons (Fsp3) is 0.308. The molecule has 1 aromatic heterocycles. The summed E-state index contributed by atoms with van der Waals surface area (Å²) in [5, 5.41) is 0.892.